The van der Waals surface area contributed by atoms with Gasteiger partial charge in [0.2, 0.25) is 0 Å². The number of benzene rings is 5. The van der Waals surface area contributed by atoms with E-state index in [2.05, 4.69) is 113 Å². The van der Waals surface area contributed by atoms with Crippen molar-refractivity contribution in [2.24, 2.45) is 0 Å². The zero-order valence-corrected chi connectivity index (χ0v) is 25.7. The Morgan fingerprint density at radius 1 is 0.476 bits per heavy atom. The highest BCUT2D eigenvalue weighted by Crippen LogP contribution is 2.31. The van der Waals surface area contributed by atoms with Gasteiger partial charge in [-0.25, -0.2) is 15.0 Å². The Labute approximate surface area is 260 Å². The highest BCUT2D eigenvalue weighted by atomic mass is 127. The van der Waals surface area contributed by atoms with Gasteiger partial charge in [0.15, 0.2) is 17.5 Å². The minimum Gasteiger partial charge on any atom is -0.357 e. The van der Waals surface area contributed by atoms with Crippen molar-refractivity contribution in [2.45, 2.75) is 0 Å². The number of rotatable bonds is 8. The van der Waals surface area contributed by atoms with E-state index in [9.17, 15) is 0 Å². The monoisotopic (exact) mass is 659 g/mol. The van der Waals surface area contributed by atoms with Gasteiger partial charge >= 0.3 is 0 Å². The fourth-order valence-corrected chi connectivity index (χ4v) is 5.83. The molecule has 1 heterocycles. The summed E-state index contributed by atoms with van der Waals surface area (Å²) >= 11 is 2.44. The van der Waals surface area contributed by atoms with Crippen molar-refractivity contribution in [3.05, 3.63) is 137 Å². The first-order valence-corrected chi connectivity index (χ1v) is 14.9. The van der Waals surface area contributed by atoms with Crippen LogP contribution >= 0.6 is 22.6 Å². The summed E-state index contributed by atoms with van der Waals surface area (Å²) in [5.74, 6) is 1.98. The highest BCUT2D eigenvalue weighted by Gasteiger charge is 2.13. The van der Waals surface area contributed by atoms with Crippen LogP contribution < -0.4 is 9.80 Å². The zero-order chi connectivity index (χ0) is 28.9. The molecule has 0 N–H and O–H groups in total. The molecule has 6 heteroatoms. The van der Waals surface area contributed by atoms with Gasteiger partial charge in [-0.05, 0) is 58.0 Å². The van der Waals surface area contributed by atoms with Crippen molar-refractivity contribution in [3.63, 3.8) is 0 Å². The number of aromatic nitrogens is 3. The van der Waals surface area contributed by atoms with E-state index >= 15 is 0 Å². The number of nitrogens with zero attached hydrogens (tertiary/aromatic N) is 5. The van der Waals surface area contributed by atoms with Crippen LogP contribution in [0.1, 0.15) is 0 Å². The fraction of sp³-hybridized carbons (Fsp3) is 0.0833. The maximum atomic E-state index is 4.86. The highest BCUT2D eigenvalue weighted by molar-refractivity contribution is 14.1. The summed E-state index contributed by atoms with van der Waals surface area (Å²) in [6.45, 7) is 0.788. The topological polar surface area (TPSA) is 45.2 Å². The molecule has 0 radical (unpaired) electrons. The quantitative estimate of drug-likeness (QED) is 0.121. The van der Waals surface area contributed by atoms with Crippen LogP contribution in [0.25, 0.3) is 45.3 Å². The van der Waals surface area contributed by atoms with Crippen LogP contribution in [0.2, 0.25) is 0 Å². The Balaban J connectivity index is 1.26. The average molecular weight is 660 g/mol. The van der Waals surface area contributed by atoms with Crippen molar-refractivity contribution in [3.8, 4) is 45.3 Å². The molecule has 0 saturated carbocycles. The molecule has 0 saturated heterocycles. The number of anilines is 2. The molecular weight excluding hydrogens is 629 g/mol. The van der Waals surface area contributed by atoms with Crippen LogP contribution in [0.5, 0.6) is 0 Å². The standard InChI is InChI=1S/C36H30IN5/c1-41(31-16-10-5-11-17-31)25-42(2)33-23-22-30(24-32(33)37)26-18-20-29(21-19-26)36-39-34(27-12-6-3-7-13-27)38-35(40-36)28-14-8-4-9-15-28/h3-24H,25H2,1-2H3. The molecule has 0 bridgehead atoms. The van der Waals surface area contributed by atoms with E-state index in [1.165, 1.54) is 20.5 Å². The van der Waals surface area contributed by atoms with Crippen molar-refractivity contribution in [2.75, 3.05) is 30.6 Å². The molecule has 0 aliphatic heterocycles. The van der Waals surface area contributed by atoms with E-state index in [-0.39, 0.29) is 0 Å². The Hall–Kier alpha value is -4.56. The smallest absolute Gasteiger partial charge is 0.164 e. The molecule has 42 heavy (non-hydrogen) atoms. The van der Waals surface area contributed by atoms with Gasteiger partial charge in [-0.2, -0.15) is 0 Å². The van der Waals surface area contributed by atoms with Gasteiger partial charge in [0.1, 0.15) is 0 Å². The summed E-state index contributed by atoms with van der Waals surface area (Å²) in [5.41, 5.74) is 7.59. The molecule has 0 amide bonds. The van der Waals surface area contributed by atoms with Gasteiger partial charge in [0.05, 0.1) is 12.4 Å². The lowest BCUT2D eigenvalue weighted by Crippen LogP contribution is -2.33. The number of hydrogen-bond acceptors (Lipinski definition) is 5. The first-order chi connectivity index (χ1) is 20.5. The second-order valence-corrected chi connectivity index (χ2v) is 11.3. The van der Waals surface area contributed by atoms with Gasteiger partial charge in [-0.15, -0.1) is 0 Å². The first-order valence-electron chi connectivity index (χ1n) is 13.8. The molecule has 6 aromatic rings. The molecule has 0 atom stereocenters. The zero-order valence-electron chi connectivity index (χ0n) is 23.5. The molecule has 5 nitrogen and oxygen atoms in total. The van der Waals surface area contributed by atoms with E-state index in [0.717, 1.165) is 28.9 Å². The normalized spacial score (nSPS) is 10.8. The van der Waals surface area contributed by atoms with Crippen molar-refractivity contribution in [1.29, 1.82) is 0 Å². The summed E-state index contributed by atoms with van der Waals surface area (Å²) in [7, 11) is 4.25. The van der Waals surface area contributed by atoms with Gasteiger partial charge in [-0.3, -0.25) is 0 Å². The molecule has 6 rings (SSSR count). The van der Waals surface area contributed by atoms with Crippen LogP contribution in [-0.4, -0.2) is 35.7 Å². The Morgan fingerprint density at radius 2 is 0.905 bits per heavy atom. The minimum absolute atomic E-state index is 0.656. The van der Waals surface area contributed by atoms with Crippen molar-refractivity contribution >= 4 is 34.0 Å². The molecule has 0 spiro atoms. The summed E-state index contributed by atoms with van der Waals surface area (Å²) in [6, 6.07) is 45.7. The van der Waals surface area contributed by atoms with Crippen molar-refractivity contribution < 1.29 is 0 Å². The van der Waals surface area contributed by atoms with E-state index in [1.54, 1.807) is 0 Å². The Kier molecular flexibility index (Phi) is 8.23. The molecule has 0 aliphatic carbocycles. The molecule has 0 fully saturated rings. The number of hydrogen-bond donors (Lipinski definition) is 0. The van der Waals surface area contributed by atoms with Gasteiger partial charge in [-0.1, -0.05) is 109 Å². The maximum absolute atomic E-state index is 4.86. The lowest BCUT2D eigenvalue weighted by Gasteiger charge is -2.28. The third kappa shape index (κ3) is 6.19. The molecule has 1 aromatic heterocycles. The van der Waals surface area contributed by atoms with E-state index < -0.39 is 0 Å². The van der Waals surface area contributed by atoms with E-state index in [0.29, 0.717) is 17.5 Å². The summed E-state index contributed by atoms with van der Waals surface area (Å²) in [5, 5.41) is 0. The Morgan fingerprint density at radius 3 is 1.40 bits per heavy atom. The largest absolute Gasteiger partial charge is 0.357 e. The van der Waals surface area contributed by atoms with Crippen LogP contribution in [-0.2, 0) is 0 Å². The summed E-state index contributed by atoms with van der Waals surface area (Å²) in [4.78, 5) is 19.0. The second kappa shape index (κ2) is 12.5. The van der Waals surface area contributed by atoms with Crippen LogP contribution in [0.4, 0.5) is 11.4 Å². The molecule has 0 unspecified atom stereocenters. The number of para-hydroxylation sites is 1. The lowest BCUT2D eigenvalue weighted by molar-refractivity contribution is 0.853. The van der Waals surface area contributed by atoms with Crippen LogP contribution in [0.15, 0.2) is 133 Å². The predicted octanol–water partition coefficient (Wildman–Crippen LogP) is 8.67. The van der Waals surface area contributed by atoms with E-state index in [4.69, 9.17) is 15.0 Å². The van der Waals surface area contributed by atoms with E-state index in [1.807, 2.05) is 66.7 Å². The third-order valence-electron chi connectivity index (χ3n) is 7.16. The average Bonchev–Trinajstić information content (AvgIpc) is 3.05. The molecule has 5 aromatic carbocycles. The van der Waals surface area contributed by atoms with Gasteiger partial charge < -0.3 is 9.80 Å². The third-order valence-corrected chi connectivity index (χ3v) is 8.02. The van der Waals surface area contributed by atoms with Crippen molar-refractivity contribution in [1.82, 2.24) is 15.0 Å². The second-order valence-electron chi connectivity index (χ2n) is 10.2. The van der Waals surface area contributed by atoms with Crippen LogP contribution in [0.3, 0.4) is 0 Å². The van der Waals surface area contributed by atoms with Gasteiger partial charge in [0.25, 0.3) is 0 Å². The maximum Gasteiger partial charge on any atom is 0.164 e. The predicted molar refractivity (Wildman–Crippen MR) is 182 cm³/mol. The minimum atomic E-state index is 0.656. The SMILES string of the molecule is CN(CN(C)c1ccc(-c2ccc(-c3nc(-c4ccccc4)nc(-c4ccccc4)n3)cc2)cc1I)c1ccccc1. The first kappa shape index (κ1) is 27.6. The van der Waals surface area contributed by atoms with Crippen LogP contribution in [0, 0.1) is 3.57 Å². The van der Waals surface area contributed by atoms with Gasteiger partial charge in [0, 0.05) is 40.0 Å². The molecule has 0 aliphatic rings. The summed E-state index contributed by atoms with van der Waals surface area (Å²) < 4.78 is 1.20. The lowest BCUT2D eigenvalue weighted by atomic mass is 10.0. The summed E-state index contributed by atoms with van der Waals surface area (Å²) in [6.07, 6.45) is 0. The number of halogens is 1. The Bertz CT molecular complexity index is 1720. The molecule has 206 valence electrons. The fourth-order valence-electron chi connectivity index (χ4n) is 4.90. The molecular formula is C36H30IN5.